The Morgan fingerprint density at radius 3 is 2.22 bits per heavy atom. The highest BCUT2D eigenvalue weighted by Gasteiger charge is 2.43. The van der Waals surface area contributed by atoms with Crippen LogP contribution in [0.15, 0.2) is 66.7 Å². The van der Waals surface area contributed by atoms with Crippen LogP contribution in [0.3, 0.4) is 0 Å². The number of alkyl halides is 3. The molecule has 0 spiro atoms. The fourth-order valence-corrected chi connectivity index (χ4v) is 8.25. The first-order chi connectivity index (χ1) is 21.7. The first-order valence-electron chi connectivity index (χ1n) is 16.6. The minimum Gasteiger partial charge on any atom is -0.480 e. The summed E-state index contributed by atoms with van der Waals surface area (Å²) in [5.41, 5.74) is 3.65. The summed E-state index contributed by atoms with van der Waals surface area (Å²) in [6.07, 6.45) is 3.11. The van der Waals surface area contributed by atoms with Gasteiger partial charge in [-0.25, -0.2) is 0 Å². The SMILES string of the molecule is O=C(O)C(C1CCCCC1)N1CC(CN2CCC(c3cc(Cc4ccccc4)nn3CC(F)(F)F)CC2)C(c2ccccc2)C1. The van der Waals surface area contributed by atoms with E-state index in [4.69, 9.17) is 0 Å². The normalized spacial score (nSPS) is 23.4. The van der Waals surface area contributed by atoms with Crippen molar-refractivity contribution >= 4 is 5.97 Å². The average Bonchev–Trinajstić information content (AvgIpc) is 3.61. The molecule has 3 aromatic rings. The summed E-state index contributed by atoms with van der Waals surface area (Å²) in [5, 5.41) is 14.8. The number of hydrogen-bond acceptors (Lipinski definition) is 4. The predicted octanol–water partition coefficient (Wildman–Crippen LogP) is 6.96. The van der Waals surface area contributed by atoms with Crippen molar-refractivity contribution in [1.29, 1.82) is 0 Å². The lowest BCUT2D eigenvalue weighted by Gasteiger charge is -2.35. The maximum absolute atomic E-state index is 13.5. The Morgan fingerprint density at radius 1 is 0.911 bits per heavy atom. The van der Waals surface area contributed by atoms with Gasteiger partial charge in [0.1, 0.15) is 12.6 Å². The third kappa shape index (κ3) is 7.98. The van der Waals surface area contributed by atoms with Crippen LogP contribution in [0.25, 0.3) is 0 Å². The van der Waals surface area contributed by atoms with E-state index in [1.165, 1.54) is 16.7 Å². The van der Waals surface area contributed by atoms with Crippen molar-refractivity contribution in [2.75, 3.05) is 32.7 Å². The molecule has 3 atom stereocenters. The van der Waals surface area contributed by atoms with Crippen LogP contribution in [-0.4, -0.2) is 75.6 Å². The molecule has 2 saturated heterocycles. The first-order valence-corrected chi connectivity index (χ1v) is 16.6. The van der Waals surface area contributed by atoms with Crippen molar-refractivity contribution in [3.8, 4) is 0 Å². The molecule has 6 rings (SSSR count). The summed E-state index contributed by atoms with van der Waals surface area (Å²) < 4.78 is 41.8. The molecule has 0 amide bonds. The Hall–Kier alpha value is -3.17. The van der Waals surface area contributed by atoms with Crippen LogP contribution in [-0.2, 0) is 17.8 Å². The summed E-state index contributed by atoms with van der Waals surface area (Å²) in [5.74, 6) is 0.0758. The number of likely N-dealkylation sites (tertiary alicyclic amines) is 2. The molecule has 3 unspecified atom stereocenters. The van der Waals surface area contributed by atoms with Crippen LogP contribution in [0.1, 0.15) is 79.3 Å². The molecule has 1 N–H and O–H groups in total. The summed E-state index contributed by atoms with van der Waals surface area (Å²) in [4.78, 5) is 17.3. The van der Waals surface area contributed by atoms with Crippen LogP contribution in [0.4, 0.5) is 13.2 Å². The van der Waals surface area contributed by atoms with Crippen LogP contribution in [0, 0.1) is 11.8 Å². The number of carboxylic acids is 1. The van der Waals surface area contributed by atoms with Gasteiger partial charge >= 0.3 is 12.1 Å². The Labute approximate surface area is 264 Å². The van der Waals surface area contributed by atoms with E-state index in [9.17, 15) is 23.1 Å². The van der Waals surface area contributed by atoms with Gasteiger partial charge < -0.3 is 10.0 Å². The minimum absolute atomic E-state index is 0.0216. The zero-order valence-corrected chi connectivity index (χ0v) is 25.9. The van der Waals surface area contributed by atoms with E-state index >= 15 is 0 Å². The number of rotatable bonds is 10. The third-order valence-electron chi connectivity index (χ3n) is 10.4. The van der Waals surface area contributed by atoms with Gasteiger partial charge in [0.05, 0.1) is 5.69 Å². The zero-order valence-electron chi connectivity index (χ0n) is 25.9. The number of carboxylic acid groups (broad SMARTS) is 1. The predicted molar refractivity (Wildman–Crippen MR) is 168 cm³/mol. The topological polar surface area (TPSA) is 61.6 Å². The van der Waals surface area contributed by atoms with Crippen LogP contribution >= 0.6 is 0 Å². The highest BCUT2D eigenvalue weighted by atomic mass is 19.4. The lowest BCUT2D eigenvalue weighted by molar-refractivity contribution is -0.146. The van der Waals surface area contributed by atoms with E-state index in [0.29, 0.717) is 23.7 Å². The Kier molecular flexibility index (Phi) is 9.95. The number of piperidine rings is 1. The van der Waals surface area contributed by atoms with Crippen molar-refractivity contribution in [3.05, 3.63) is 89.2 Å². The number of carbonyl (C=O) groups is 1. The molecule has 3 aliphatic rings. The number of aliphatic carboxylic acids is 1. The molecule has 9 heteroatoms. The Bertz CT molecular complexity index is 1380. The summed E-state index contributed by atoms with van der Waals surface area (Å²) in [6.45, 7) is 2.91. The van der Waals surface area contributed by atoms with E-state index in [1.54, 1.807) is 0 Å². The third-order valence-corrected chi connectivity index (χ3v) is 10.4. The van der Waals surface area contributed by atoms with Gasteiger partial charge in [-0.05, 0) is 67.8 Å². The molecule has 2 aromatic carbocycles. The molecule has 242 valence electrons. The largest absolute Gasteiger partial charge is 0.480 e. The lowest BCUT2D eigenvalue weighted by atomic mass is 9.83. The number of aromatic nitrogens is 2. The monoisotopic (exact) mass is 622 g/mol. The molecule has 3 heterocycles. The molecule has 0 radical (unpaired) electrons. The van der Waals surface area contributed by atoms with Gasteiger partial charge in [-0.2, -0.15) is 18.3 Å². The van der Waals surface area contributed by atoms with E-state index in [2.05, 4.69) is 39.2 Å². The molecule has 45 heavy (non-hydrogen) atoms. The van der Waals surface area contributed by atoms with Gasteiger partial charge in [0.15, 0.2) is 0 Å². The Morgan fingerprint density at radius 2 is 1.58 bits per heavy atom. The summed E-state index contributed by atoms with van der Waals surface area (Å²) in [6, 6.07) is 21.7. The maximum atomic E-state index is 13.5. The summed E-state index contributed by atoms with van der Waals surface area (Å²) in [7, 11) is 0. The quantitative estimate of drug-likeness (QED) is 0.265. The molecule has 2 aliphatic heterocycles. The second kappa shape index (κ2) is 14.1. The zero-order chi connectivity index (χ0) is 31.4. The molecule has 1 aromatic heterocycles. The van der Waals surface area contributed by atoms with Gasteiger partial charge in [0.2, 0.25) is 0 Å². The number of hydrogen-bond donors (Lipinski definition) is 1. The molecule has 1 saturated carbocycles. The van der Waals surface area contributed by atoms with Gasteiger partial charge in [-0.15, -0.1) is 0 Å². The van der Waals surface area contributed by atoms with Crippen molar-refractivity contribution in [1.82, 2.24) is 19.6 Å². The number of halogens is 3. The highest BCUT2D eigenvalue weighted by molar-refractivity contribution is 5.74. The lowest BCUT2D eigenvalue weighted by Crippen LogP contribution is -2.46. The van der Waals surface area contributed by atoms with Crippen LogP contribution in [0.2, 0.25) is 0 Å². The maximum Gasteiger partial charge on any atom is 0.408 e. The Balaban J connectivity index is 1.14. The van der Waals surface area contributed by atoms with Gasteiger partial charge in [0.25, 0.3) is 0 Å². The average molecular weight is 623 g/mol. The molecule has 6 nitrogen and oxygen atoms in total. The fourth-order valence-electron chi connectivity index (χ4n) is 8.25. The van der Waals surface area contributed by atoms with Crippen molar-refractivity contribution in [2.24, 2.45) is 11.8 Å². The standard InChI is InChI=1S/C36H45F3N4O2/c37-36(38,39)25-43-33(21-31(40-43)20-26-10-4-1-5-11-26)28-16-18-41(19-17-28)22-30-23-42(24-32(30)27-12-6-2-7-13-27)34(35(44)45)29-14-8-3-9-15-29/h1-2,4-7,10-13,21,28-30,32,34H,3,8-9,14-20,22-25H2,(H,44,45). The van der Waals surface area contributed by atoms with Gasteiger partial charge in [0, 0.05) is 43.6 Å². The minimum atomic E-state index is -4.34. The van der Waals surface area contributed by atoms with E-state index in [1.807, 2.05) is 42.5 Å². The summed E-state index contributed by atoms with van der Waals surface area (Å²) >= 11 is 0. The van der Waals surface area contributed by atoms with Crippen molar-refractivity contribution in [3.63, 3.8) is 0 Å². The van der Waals surface area contributed by atoms with E-state index in [-0.39, 0.29) is 17.8 Å². The first kappa shape index (κ1) is 31.8. The van der Waals surface area contributed by atoms with Gasteiger partial charge in [-0.3, -0.25) is 14.4 Å². The van der Waals surface area contributed by atoms with Gasteiger partial charge in [-0.1, -0.05) is 79.9 Å². The van der Waals surface area contributed by atoms with Crippen LogP contribution in [0.5, 0.6) is 0 Å². The van der Waals surface area contributed by atoms with Crippen LogP contribution < -0.4 is 0 Å². The molecule has 0 bridgehead atoms. The number of benzene rings is 2. The highest BCUT2D eigenvalue weighted by Crippen LogP contribution is 2.39. The van der Waals surface area contributed by atoms with E-state index in [0.717, 1.165) is 76.8 Å². The second-order valence-corrected chi connectivity index (χ2v) is 13.5. The second-order valence-electron chi connectivity index (χ2n) is 13.5. The number of nitrogens with zero attached hydrogens (tertiary/aromatic N) is 4. The van der Waals surface area contributed by atoms with Crippen molar-refractivity contribution in [2.45, 2.75) is 82.0 Å². The molecule has 3 fully saturated rings. The smallest absolute Gasteiger partial charge is 0.408 e. The van der Waals surface area contributed by atoms with E-state index < -0.39 is 24.7 Å². The molecule has 1 aliphatic carbocycles. The fraction of sp³-hybridized carbons (Fsp3) is 0.556. The molecular formula is C36H45F3N4O2. The van der Waals surface area contributed by atoms with Crippen molar-refractivity contribution < 1.29 is 23.1 Å². The molecular weight excluding hydrogens is 577 g/mol.